The van der Waals surface area contributed by atoms with Crippen molar-refractivity contribution in [3.8, 4) is 74.0 Å². The van der Waals surface area contributed by atoms with E-state index in [2.05, 4.69) is 10.6 Å². The number of hydrogen-bond acceptors (Lipinski definition) is 24. The van der Waals surface area contributed by atoms with E-state index in [1.54, 1.807) is 70.2 Å². The number of aliphatic hydroxyl groups excluding tert-OH is 2. The lowest BCUT2D eigenvalue weighted by Gasteiger charge is -2.47. The van der Waals surface area contributed by atoms with E-state index in [0.717, 1.165) is 11.1 Å². The lowest BCUT2D eigenvalue weighted by atomic mass is 9.89. The number of aromatic hydroxyl groups is 3. The normalized spacial score (nSPS) is 19.5. The van der Waals surface area contributed by atoms with Crippen LogP contribution in [0.5, 0.6) is 51.7 Å². The summed E-state index contributed by atoms with van der Waals surface area (Å²) in [5.74, 6) is -3.47. The van der Waals surface area contributed by atoms with Gasteiger partial charge in [0, 0.05) is 48.6 Å². The quantitative estimate of drug-likeness (QED) is 0.0285. The molecule has 0 unspecified atom stereocenters. The molecule has 2 aliphatic rings. The van der Waals surface area contributed by atoms with Gasteiger partial charge in [0.05, 0.1) is 33.1 Å². The lowest BCUT2D eigenvalue weighted by Crippen LogP contribution is -2.65. The number of nitrogens with two attached hydrogens (primary N) is 2. The number of ether oxygens (including phenoxy) is 11. The van der Waals surface area contributed by atoms with E-state index >= 15 is 4.79 Å². The highest BCUT2D eigenvalue weighted by molar-refractivity contribution is 6.10. The van der Waals surface area contributed by atoms with Crippen LogP contribution in [0.15, 0.2) is 182 Å². The van der Waals surface area contributed by atoms with Gasteiger partial charge in [-0.3, -0.25) is 9.59 Å². The fourth-order valence-corrected chi connectivity index (χ4v) is 12.9. The molecule has 106 heavy (non-hydrogen) atoms. The van der Waals surface area contributed by atoms with E-state index in [0.29, 0.717) is 16.7 Å². The van der Waals surface area contributed by atoms with Crippen LogP contribution in [0, 0.1) is 13.8 Å². The number of phenolic OH excluding ortho intramolecular Hbond substituents is 1. The van der Waals surface area contributed by atoms with Gasteiger partial charge in [0.2, 0.25) is 12.6 Å². The number of aryl methyl sites for hydroxylation is 2. The molecule has 28 nitrogen and oxygen atoms in total. The molecule has 0 spiro atoms. The standard InChI is InChI=1S/C78H74N4O24/c1-38-52(99-73-61(86)65(103-75(79)92)67(94-7)77(3,4)105-73)30-28-45-59(84)57(71(90)101-63(38)45)81-69(88)49-33-48(54(96-36-40-18-12-9-13-19-40)35-55(49)97-37-41-20-14-10-15-21-41)43-24-26-44(27-25-43)98-56-34-51(83)47(42-22-16-11-17-23-42)32-50(56)70(89)82-58-60(85)46-29-31-53(39(2)64(46)102-72(58)91)100-74-62(87)66(104-76(80)93)68(95-8)78(5,6)106-74/h9-35,61-62,65-68,73-74,83-87H,36-37H2,1-8H3,(H2,79,92)(H2,80,93)(H,81,88)(H,82,89)/t61-,62-,65+,66+,67-,68-,73-,74-/m1/s1. The molecule has 0 saturated carbocycles. The zero-order valence-corrected chi connectivity index (χ0v) is 58.3. The van der Waals surface area contributed by atoms with E-state index in [-0.39, 0.29) is 103 Å². The molecule has 2 aliphatic heterocycles. The Morgan fingerprint density at radius 3 is 1.36 bits per heavy atom. The van der Waals surface area contributed by atoms with Crippen molar-refractivity contribution in [1.82, 2.24) is 0 Å². The molecule has 10 aromatic rings. The molecule has 4 amide bonds. The van der Waals surface area contributed by atoms with Crippen molar-refractivity contribution in [3.05, 3.63) is 218 Å². The van der Waals surface area contributed by atoms with Crippen LogP contribution in [0.4, 0.5) is 21.0 Å². The van der Waals surface area contributed by atoms with Crippen molar-refractivity contribution >= 4 is 57.3 Å². The minimum absolute atomic E-state index is 0.00773. The van der Waals surface area contributed by atoms with Crippen LogP contribution in [0.1, 0.15) is 70.7 Å². The minimum atomic E-state index is -1.63. The van der Waals surface area contributed by atoms with Crippen LogP contribution in [-0.4, -0.2) is 124 Å². The Bertz CT molecular complexity index is 5110. The third-order valence-electron chi connectivity index (χ3n) is 18.1. The SMILES string of the molecule is CO[C@@H]1[C@@H](OC(N)=O)[C@@H](O)[C@H](Oc2ccc3c(O)c(NC(=O)c4cc(-c5ccc(Oc6cc(O)c(-c7ccccc7)cc6C(=O)Nc6c(O)c7ccc(O[C@@H]8OC(C)(C)[C@H](OC)[C@@H](OC(N)=O)[C@H]8O)c(C)c7oc6=O)cc5)c(OCc5ccccc5)cc4OCc4ccccc4)c(=O)oc3c2C)OC1(C)C. The first-order valence-electron chi connectivity index (χ1n) is 33.1. The lowest BCUT2D eigenvalue weighted by molar-refractivity contribution is -0.304. The molecule has 8 aromatic carbocycles. The Kier molecular flexibility index (Phi) is 21.0. The Balaban J connectivity index is 0.862. The number of benzene rings is 8. The third kappa shape index (κ3) is 15.1. The van der Waals surface area contributed by atoms with E-state index in [4.69, 9.17) is 72.4 Å². The number of carbonyl (C=O) groups excluding carboxylic acids is 4. The van der Waals surface area contributed by atoms with Crippen molar-refractivity contribution in [1.29, 1.82) is 0 Å². The summed E-state index contributed by atoms with van der Waals surface area (Å²) in [5, 5.41) is 62.9. The zero-order valence-electron chi connectivity index (χ0n) is 58.3. The van der Waals surface area contributed by atoms with Crippen LogP contribution in [-0.2, 0) is 41.6 Å². The first-order valence-corrected chi connectivity index (χ1v) is 33.1. The summed E-state index contributed by atoms with van der Waals surface area (Å²) >= 11 is 0. The van der Waals surface area contributed by atoms with Crippen molar-refractivity contribution < 1.29 is 106 Å². The maximum absolute atomic E-state index is 15.0. The zero-order chi connectivity index (χ0) is 75.6. The summed E-state index contributed by atoms with van der Waals surface area (Å²) in [5.41, 5.74) is 7.14. The number of fused-ring (bicyclic) bond motifs is 2. The molecule has 11 N–H and O–H groups in total. The number of aliphatic hydroxyl groups is 2. The van der Waals surface area contributed by atoms with E-state index < -0.39 is 119 Å². The summed E-state index contributed by atoms with van der Waals surface area (Å²) < 4.78 is 76.7. The van der Waals surface area contributed by atoms with Crippen LogP contribution in [0.25, 0.3) is 44.2 Å². The van der Waals surface area contributed by atoms with Crippen LogP contribution in [0.3, 0.4) is 0 Å². The van der Waals surface area contributed by atoms with Crippen molar-refractivity contribution in [2.24, 2.45) is 11.5 Å². The van der Waals surface area contributed by atoms with E-state index in [9.17, 15) is 49.5 Å². The van der Waals surface area contributed by atoms with Gasteiger partial charge in [0.1, 0.15) is 76.8 Å². The Morgan fingerprint density at radius 2 is 0.915 bits per heavy atom. The summed E-state index contributed by atoms with van der Waals surface area (Å²) in [4.78, 5) is 81.7. The van der Waals surface area contributed by atoms with Gasteiger partial charge in [-0.1, -0.05) is 103 Å². The smallest absolute Gasteiger partial charge is 0.404 e. The van der Waals surface area contributed by atoms with E-state index in [1.165, 1.54) is 88.7 Å². The van der Waals surface area contributed by atoms with Gasteiger partial charge >= 0.3 is 23.4 Å². The van der Waals surface area contributed by atoms with Crippen LogP contribution in [0.2, 0.25) is 0 Å². The Hall–Kier alpha value is -12.2. The molecule has 2 aromatic heterocycles. The molecule has 2 fully saturated rings. The van der Waals surface area contributed by atoms with Gasteiger partial charge in [0.15, 0.2) is 47.3 Å². The van der Waals surface area contributed by atoms with Crippen LogP contribution >= 0.6 is 0 Å². The molecule has 28 heteroatoms. The fraction of sp³-hybridized carbons (Fsp3) is 0.256. The Labute approximate surface area is 604 Å². The molecule has 0 aliphatic carbocycles. The number of nitrogens with one attached hydrogen (secondary N) is 2. The number of hydrogen-bond donors (Lipinski definition) is 9. The topological polar surface area (TPSA) is 407 Å². The molecule has 0 bridgehead atoms. The second-order valence-corrected chi connectivity index (χ2v) is 26.0. The molecule has 8 atom stereocenters. The first-order chi connectivity index (χ1) is 50.6. The average molecular weight is 1450 g/mol. The van der Waals surface area contributed by atoms with Crippen molar-refractivity contribution in [2.45, 2.75) is 115 Å². The molecule has 4 heterocycles. The monoisotopic (exact) mass is 1450 g/mol. The second-order valence-electron chi connectivity index (χ2n) is 26.0. The maximum Gasteiger partial charge on any atom is 0.404 e. The Morgan fingerprint density at radius 1 is 0.500 bits per heavy atom. The predicted octanol–water partition coefficient (Wildman–Crippen LogP) is 11.1. The van der Waals surface area contributed by atoms with Gasteiger partial charge in [-0.15, -0.1) is 0 Å². The first kappa shape index (κ1) is 73.6. The summed E-state index contributed by atoms with van der Waals surface area (Å²) in [6, 6.07) is 44.3. The summed E-state index contributed by atoms with van der Waals surface area (Å²) in [6.45, 7) is 9.52. The van der Waals surface area contributed by atoms with Gasteiger partial charge in [-0.05, 0) is 112 Å². The largest absolute Gasteiger partial charge is 0.507 e. The van der Waals surface area contributed by atoms with Gasteiger partial charge in [0.25, 0.3) is 11.8 Å². The number of primary amides is 2. The molecule has 2 saturated heterocycles. The van der Waals surface area contributed by atoms with Gasteiger partial charge in [-0.25, -0.2) is 19.2 Å². The van der Waals surface area contributed by atoms with Gasteiger partial charge < -0.3 is 109 Å². The number of rotatable bonds is 22. The fourth-order valence-electron chi connectivity index (χ4n) is 12.9. The number of methoxy groups -OCH3 is 2. The highest BCUT2D eigenvalue weighted by Gasteiger charge is 2.55. The van der Waals surface area contributed by atoms with E-state index in [1.807, 2.05) is 60.7 Å². The number of anilines is 2. The summed E-state index contributed by atoms with van der Waals surface area (Å²) in [7, 11) is 2.68. The minimum Gasteiger partial charge on any atom is -0.507 e. The third-order valence-corrected chi connectivity index (χ3v) is 18.1. The van der Waals surface area contributed by atoms with Crippen molar-refractivity contribution in [3.63, 3.8) is 0 Å². The number of carbonyl (C=O) groups is 4. The van der Waals surface area contributed by atoms with Crippen molar-refractivity contribution in [2.75, 3.05) is 24.9 Å². The number of amides is 4. The van der Waals surface area contributed by atoms with Crippen LogP contribution < -0.4 is 57.0 Å². The highest BCUT2D eigenvalue weighted by Crippen LogP contribution is 2.45. The second kappa shape index (κ2) is 30.3. The molecular formula is C78H74N4O24. The average Bonchev–Trinajstić information content (AvgIpc) is 0.776. The molecule has 0 radical (unpaired) electrons. The maximum atomic E-state index is 15.0. The molecule has 12 rings (SSSR count). The summed E-state index contributed by atoms with van der Waals surface area (Å²) in [6.07, 6.45) is -13.2. The van der Waals surface area contributed by atoms with Gasteiger partial charge in [-0.2, -0.15) is 0 Å². The molecular weight excluding hydrogens is 1380 g/mol. The predicted molar refractivity (Wildman–Crippen MR) is 382 cm³/mol. The molecule has 550 valence electrons. The number of phenols is 1. The highest BCUT2D eigenvalue weighted by atomic mass is 16.7.